The van der Waals surface area contributed by atoms with Crippen LogP contribution in [-0.4, -0.2) is 19.7 Å². The van der Waals surface area contributed by atoms with E-state index in [1.165, 1.54) is 0 Å². The largest absolute Gasteiger partial charge is 0.454 e. The number of rotatable bonds is 2. The van der Waals surface area contributed by atoms with Crippen molar-refractivity contribution in [3.05, 3.63) is 53.6 Å². The minimum absolute atomic E-state index is 0.131. The molecule has 0 saturated heterocycles. The molecule has 4 rings (SSSR count). The van der Waals surface area contributed by atoms with Gasteiger partial charge in [0, 0.05) is 12.7 Å². The van der Waals surface area contributed by atoms with Gasteiger partial charge in [-0.15, -0.1) is 0 Å². The number of likely N-dealkylation sites (N-methyl/N-ethyl adjacent to an activating group) is 1. The molecule has 0 aliphatic carbocycles. The lowest BCUT2D eigenvalue weighted by atomic mass is 9.78. The minimum Gasteiger partial charge on any atom is -0.454 e. The highest BCUT2D eigenvalue weighted by molar-refractivity contribution is 6.07. The summed E-state index contributed by atoms with van der Waals surface area (Å²) >= 11 is 0. The Morgan fingerprint density at radius 1 is 1.14 bits per heavy atom. The lowest BCUT2D eigenvalue weighted by Gasteiger charge is -2.23. The molecule has 22 heavy (non-hydrogen) atoms. The van der Waals surface area contributed by atoms with Gasteiger partial charge >= 0.3 is 0 Å². The lowest BCUT2D eigenvalue weighted by molar-refractivity contribution is -0.122. The molecule has 1 amide bonds. The maximum absolute atomic E-state index is 12.8. The van der Waals surface area contributed by atoms with Crippen LogP contribution in [0.2, 0.25) is 0 Å². The monoisotopic (exact) mass is 295 g/mol. The normalized spacial score (nSPS) is 22.1. The molecule has 2 aliphatic heterocycles. The van der Waals surface area contributed by atoms with Crippen molar-refractivity contribution in [1.82, 2.24) is 0 Å². The molecular formula is C18H17NO3. The van der Waals surface area contributed by atoms with Gasteiger partial charge in [-0.2, -0.15) is 0 Å². The molecule has 2 aromatic rings. The Bertz CT molecular complexity index is 771. The quantitative estimate of drug-likeness (QED) is 0.855. The number of ether oxygens (including phenoxy) is 2. The Labute approximate surface area is 129 Å². The van der Waals surface area contributed by atoms with Crippen LogP contribution in [0.5, 0.6) is 11.5 Å². The highest BCUT2D eigenvalue weighted by Gasteiger charge is 2.45. The molecule has 0 unspecified atom stereocenters. The third kappa shape index (κ3) is 1.73. The van der Waals surface area contributed by atoms with E-state index in [4.69, 9.17) is 9.47 Å². The molecular weight excluding hydrogens is 278 g/mol. The third-order valence-electron chi connectivity index (χ3n) is 4.63. The molecule has 0 aromatic heterocycles. The first kappa shape index (κ1) is 13.2. The van der Waals surface area contributed by atoms with Gasteiger partial charge in [-0.05, 0) is 42.7 Å². The Hall–Kier alpha value is -2.49. The average Bonchev–Trinajstić information content (AvgIpc) is 3.06. The molecule has 0 fully saturated rings. The van der Waals surface area contributed by atoms with E-state index in [9.17, 15) is 4.79 Å². The topological polar surface area (TPSA) is 38.8 Å². The number of carbonyl (C=O) groups excluding carboxylic acids is 1. The maximum Gasteiger partial charge on any atom is 0.237 e. The van der Waals surface area contributed by atoms with E-state index in [1.54, 1.807) is 4.90 Å². The zero-order valence-corrected chi connectivity index (χ0v) is 12.6. The summed E-state index contributed by atoms with van der Waals surface area (Å²) < 4.78 is 10.8. The van der Waals surface area contributed by atoms with Crippen LogP contribution in [0.25, 0.3) is 0 Å². The minimum atomic E-state index is -0.543. The summed E-state index contributed by atoms with van der Waals surface area (Å²) in [6.45, 7) is 2.28. The van der Waals surface area contributed by atoms with Gasteiger partial charge in [-0.1, -0.05) is 24.3 Å². The number of fused-ring (bicyclic) bond motifs is 2. The number of anilines is 1. The smallest absolute Gasteiger partial charge is 0.237 e. The number of hydrogen-bond acceptors (Lipinski definition) is 3. The van der Waals surface area contributed by atoms with Crippen molar-refractivity contribution >= 4 is 11.6 Å². The van der Waals surface area contributed by atoms with Crippen molar-refractivity contribution in [2.75, 3.05) is 18.7 Å². The summed E-state index contributed by atoms with van der Waals surface area (Å²) in [6.07, 6.45) is 0.643. The summed E-state index contributed by atoms with van der Waals surface area (Å²) in [5.74, 6) is 1.66. The first-order valence-electron chi connectivity index (χ1n) is 7.36. The van der Waals surface area contributed by atoms with Crippen LogP contribution in [0.3, 0.4) is 0 Å². The van der Waals surface area contributed by atoms with Crippen molar-refractivity contribution < 1.29 is 14.3 Å². The van der Waals surface area contributed by atoms with Crippen molar-refractivity contribution in [2.45, 2.75) is 18.8 Å². The van der Waals surface area contributed by atoms with E-state index in [0.717, 1.165) is 28.3 Å². The number of carbonyl (C=O) groups is 1. The fourth-order valence-electron chi connectivity index (χ4n) is 3.46. The van der Waals surface area contributed by atoms with Gasteiger partial charge in [0.2, 0.25) is 12.7 Å². The first-order chi connectivity index (χ1) is 10.6. The van der Waals surface area contributed by atoms with Gasteiger partial charge in [-0.3, -0.25) is 4.79 Å². The van der Waals surface area contributed by atoms with Crippen molar-refractivity contribution in [2.24, 2.45) is 0 Å². The number of hydrogen-bond donors (Lipinski definition) is 0. The molecule has 2 heterocycles. The summed E-state index contributed by atoms with van der Waals surface area (Å²) in [4.78, 5) is 14.5. The standard InChI is InChI=1S/C18H17NO3/c1-18(10-12-7-8-15-16(9-12)22-11-21-15)13-5-3-4-6-14(13)19(2)17(18)20/h3-9H,10-11H2,1-2H3/t18-/m1/s1. The molecule has 0 N–H and O–H groups in total. The van der Waals surface area contributed by atoms with Gasteiger partial charge in [0.15, 0.2) is 11.5 Å². The second kappa shape index (κ2) is 4.50. The van der Waals surface area contributed by atoms with Gasteiger partial charge in [0.05, 0.1) is 5.41 Å². The Balaban J connectivity index is 1.74. The summed E-state index contributed by atoms with van der Waals surface area (Å²) in [5.41, 5.74) is 2.61. The molecule has 112 valence electrons. The van der Waals surface area contributed by atoms with Crippen LogP contribution < -0.4 is 14.4 Å². The molecule has 2 aliphatic rings. The summed E-state index contributed by atoms with van der Waals surface area (Å²) in [6, 6.07) is 13.9. The molecule has 0 spiro atoms. The van der Waals surface area contributed by atoms with Gasteiger partial charge in [0.1, 0.15) is 0 Å². The fraction of sp³-hybridized carbons (Fsp3) is 0.278. The van der Waals surface area contributed by atoms with E-state index in [2.05, 4.69) is 0 Å². The Kier molecular flexibility index (Phi) is 2.70. The third-order valence-corrected chi connectivity index (χ3v) is 4.63. The number of nitrogens with zero attached hydrogens (tertiary/aromatic N) is 1. The lowest BCUT2D eigenvalue weighted by Crippen LogP contribution is -2.37. The van der Waals surface area contributed by atoms with Gasteiger partial charge in [0.25, 0.3) is 0 Å². The van der Waals surface area contributed by atoms with Crippen LogP contribution >= 0.6 is 0 Å². The average molecular weight is 295 g/mol. The van der Waals surface area contributed by atoms with Crippen LogP contribution in [0, 0.1) is 0 Å². The highest BCUT2D eigenvalue weighted by atomic mass is 16.7. The number of benzene rings is 2. The van der Waals surface area contributed by atoms with E-state index in [-0.39, 0.29) is 12.7 Å². The Morgan fingerprint density at radius 3 is 2.77 bits per heavy atom. The van der Waals surface area contributed by atoms with Crippen LogP contribution in [0.15, 0.2) is 42.5 Å². The molecule has 4 heteroatoms. The van der Waals surface area contributed by atoms with Crippen molar-refractivity contribution in [1.29, 1.82) is 0 Å². The predicted molar refractivity (Wildman–Crippen MR) is 83.5 cm³/mol. The van der Waals surface area contributed by atoms with E-state index in [0.29, 0.717) is 6.42 Å². The predicted octanol–water partition coefficient (Wildman–Crippen LogP) is 2.89. The molecule has 0 saturated carbocycles. The fourth-order valence-corrected chi connectivity index (χ4v) is 3.46. The van der Waals surface area contributed by atoms with E-state index >= 15 is 0 Å². The molecule has 0 radical (unpaired) electrons. The number of amides is 1. The van der Waals surface area contributed by atoms with Crippen LogP contribution in [-0.2, 0) is 16.6 Å². The molecule has 0 bridgehead atoms. The molecule has 1 atom stereocenters. The summed E-state index contributed by atoms with van der Waals surface area (Å²) in [5, 5.41) is 0. The van der Waals surface area contributed by atoms with Gasteiger partial charge < -0.3 is 14.4 Å². The second-order valence-electron chi connectivity index (χ2n) is 6.08. The van der Waals surface area contributed by atoms with Crippen molar-refractivity contribution in [3.63, 3.8) is 0 Å². The Morgan fingerprint density at radius 2 is 1.91 bits per heavy atom. The van der Waals surface area contributed by atoms with E-state index in [1.807, 2.05) is 56.4 Å². The number of para-hydroxylation sites is 1. The zero-order valence-electron chi connectivity index (χ0n) is 12.6. The highest BCUT2D eigenvalue weighted by Crippen LogP contribution is 2.43. The van der Waals surface area contributed by atoms with E-state index < -0.39 is 5.41 Å². The maximum atomic E-state index is 12.8. The zero-order chi connectivity index (χ0) is 15.3. The first-order valence-corrected chi connectivity index (χ1v) is 7.36. The molecule has 2 aromatic carbocycles. The summed E-state index contributed by atoms with van der Waals surface area (Å²) in [7, 11) is 1.84. The van der Waals surface area contributed by atoms with Gasteiger partial charge in [-0.25, -0.2) is 0 Å². The van der Waals surface area contributed by atoms with Crippen LogP contribution in [0.1, 0.15) is 18.1 Å². The SMILES string of the molecule is CN1C(=O)[C@](C)(Cc2ccc3c(c2)OCO3)c2ccccc21. The second-order valence-corrected chi connectivity index (χ2v) is 6.08. The molecule has 4 nitrogen and oxygen atoms in total. The van der Waals surface area contributed by atoms with Crippen molar-refractivity contribution in [3.8, 4) is 11.5 Å². The van der Waals surface area contributed by atoms with Crippen LogP contribution in [0.4, 0.5) is 5.69 Å².